The standard InChI is InChI=1S/C12H16N4/c1-8-2-3-9(6-14-8)11-7-15-12(13)16(11)10-4-5-10/h2-3,6,10-11H,4-5,7H2,1H3,(H2,13,15). The van der Waals surface area contributed by atoms with Crippen LogP contribution in [0.5, 0.6) is 0 Å². The van der Waals surface area contributed by atoms with Crippen molar-refractivity contribution in [3.05, 3.63) is 29.6 Å². The summed E-state index contributed by atoms with van der Waals surface area (Å²) in [7, 11) is 0. The maximum absolute atomic E-state index is 5.93. The summed E-state index contributed by atoms with van der Waals surface area (Å²) in [5.41, 5.74) is 8.21. The molecular formula is C12H16N4. The predicted octanol–water partition coefficient (Wildman–Crippen LogP) is 1.22. The Kier molecular flexibility index (Phi) is 2.09. The Hall–Kier alpha value is -1.58. The van der Waals surface area contributed by atoms with E-state index in [2.05, 4.69) is 27.0 Å². The van der Waals surface area contributed by atoms with E-state index in [1.54, 1.807) is 0 Å². The molecule has 0 spiro atoms. The van der Waals surface area contributed by atoms with Gasteiger partial charge >= 0.3 is 0 Å². The van der Waals surface area contributed by atoms with Crippen molar-refractivity contribution in [1.82, 2.24) is 9.88 Å². The van der Waals surface area contributed by atoms with E-state index in [9.17, 15) is 0 Å². The maximum Gasteiger partial charge on any atom is 0.192 e. The van der Waals surface area contributed by atoms with Gasteiger partial charge in [0, 0.05) is 17.9 Å². The Morgan fingerprint density at radius 1 is 1.38 bits per heavy atom. The lowest BCUT2D eigenvalue weighted by Crippen LogP contribution is -2.37. The average Bonchev–Trinajstić information content (AvgIpc) is 3.04. The normalized spacial score (nSPS) is 24.7. The van der Waals surface area contributed by atoms with Gasteiger partial charge in [-0.05, 0) is 31.4 Å². The van der Waals surface area contributed by atoms with Crippen LogP contribution >= 0.6 is 0 Å². The Morgan fingerprint density at radius 3 is 2.81 bits per heavy atom. The smallest absolute Gasteiger partial charge is 0.192 e. The van der Waals surface area contributed by atoms with Crippen LogP contribution in [0, 0.1) is 6.92 Å². The van der Waals surface area contributed by atoms with E-state index in [4.69, 9.17) is 5.73 Å². The molecule has 1 fully saturated rings. The van der Waals surface area contributed by atoms with Gasteiger partial charge in [0.15, 0.2) is 5.96 Å². The summed E-state index contributed by atoms with van der Waals surface area (Å²) in [5.74, 6) is 0.702. The number of nitrogens with two attached hydrogens (primary N) is 1. The van der Waals surface area contributed by atoms with Crippen molar-refractivity contribution in [3.8, 4) is 0 Å². The van der Waals surface area contributed by atoms with Crippen LogP contribution in [0.2, 0.25) is 0 Å². The first-order valence-corrected chi connectivity index (χ1v) is 5.76. The number of nitrogens with zero attached hydrogens (tertiary/aromatic N) is 3. The van der Waals surface area contributed by atoms with Crippen molar-refractivity contribution < 1.29 is 0 Å². The van der Waals surface area contributed by atoms with Crippen LogP contribution in [-0.4, -0.2) is 28.4 Å². The quantitative estimate of drug-likeness (QED) is 0.808. The highest BCUT2D eigenvalue weighted by molar-refractivity contribution is 5.81. The molecule has 1 aromatic heterocycles. The summed E-state index contributed by atoms with van der Waals surface area (Å²) in [6.07, 6.45) is 4.43. The van der Waals surface area contributed by atoms with Crippen LogP contribution in [-0.2, 0) is 0 Å². The Balaban J connectivity index is 1.87. The fourth-order valence-corrected chi connectivity index (χ4v) is 2.25. The number of guanidine groups is 1. The first kappa shape index (κ1) is 9.63. The summed E-state index contributed by atoms with van der Waals surface area (Å²) in [4.78, 5) is 11.0. The molecule has 16 heavy (non-hydrogen) atoms. The Labute approximate surface area is 95.2 Å². The highest BCUT2D eigenvalue weighted by Gasteiger charge is 2.38. The molecule has 1 aliphatic carbocycles. The number of hydrogen-bond donors (Lipinski definition) is 1. The minimum Gasteiger partial charge on any atom is -0.370 e. The van der Waals surface area contributed by atoms with E-state index in [1.807, 2.05) is 13.1 Å². The predicted molar refractivity (Wildman–Crippen MR) is 63.1 cm³/mol. The van der Waals surface area contributed by atoms with E-state index in [1.165, 1.54) is 18.4 Å². The van der Waals surface area contributed by atoms with Crippen LogP contribution < -0.4 is 5.73 Å². The lowest BCUT2D eigenvalue weighted by atomic mass is 10.1. The number of hydrogen-bond acceptors (Lipinski definition) is 4. The molecule has 2 N–H and O–H groups in total. The van der Waals surface area contributed by atoms with Crippen molar-refractivity contribution in [3.63, 3.8) is 0 Å². The van der Waals surface area contributed by atoms with Crippen LogP contribution in [0.25, 0.3) is 0 Å². The van der Waals surface area contributed by atoms with Gasteiger partial charge in [-0.3, -0.25) is 9.98 Å². The zero-order valence-electron chi connectivity index (χ0n) is 9.43. The molecule has 0 radical (unpaired) electrons. The van der Waals surface area contributed by atoms with E-state index in [-0.39, 0.29) is 0 Å². The van der Waals surface area contributed by atoms with E-state index < -0.39 is 0 Å². The van der Waals surface area contributed by atoms with Gasteiger partial charge in [0.2, 0.25) is 0 Å². The number of aromatic nitrogens is 1. The highest BCUT2D eigenvalue weighted by Crippen LogP contribution is 2.36. The molecule has 1 aliphatic heterocycles. The number of aryl methyl sites for hydroxylation is 1. The Morgan fingerprint density at radius 2 is 2.19 bits per heavy atom. The second-order valence-corrected chi connectivity index (χ2v) is 4.59. The van der Waals surface area contributed by atoms with Crippen molar-refractivity contribution in [2.75, 3.05) is 6.54 Å². The van der Waals surface area contributed by atoms with E-state index in [0.717, 1.165) is 12.2 Å². The van der Waals surface area contributed by atoms with Gasteiger partial charge in [0.1, 0.15) is 0 Å². The third-order valence-corrected chi connectivity index (χ3v) is 3.29. The topological polar surface area (TPSA) is 54.5 Å². The van der Waals surface area contributed by atoms with Crippen LogP contribution in [0.15, 0.2) is 23.3 Å². The third kappa shape index (κ3) is 1.54. The lowest BCUT2D eigenvalue weighted by molar-refractivity contribution is 0.337. The molecule has 0 saturated heterocycles. The maximum atomic E-state index is 5.93. The van der Waals surface area contributed by atoms with Gasteiger partial charge in [0.05, 0.1) is 12.6 Å². The van der Waals surface area contributed by atoms with Gasteiger partial charge in [-0.15, -0.1) is 0 Å². The van der Waals surface area contributed by atoms with Crippen molar-refractivity contribution in [2.24, 2.45) is 10.7 Å². The summed E-state index contributed by atoms with van der Waals surface area (Å²) in [5, 5.41) is 0. The van der Waals surface area contributed by atoms with Crippen molar-refractivity contribution >= 4 is 5.96 Å². The van der Waals surface area contributed by atoms with Crippen molar-refractivity contribution in [2.45, 2.75) is 31.8 Å². The lowest BCUT2D eigenvalue weighted by Gasteiger charge is -2.26. The van der Waals surface area contributed by atoms with Crippen LogP contribution in [0.3, 0.4) is 0 Å². The third-order valence-electron chi connectivity index (χ3n) is 3.29. The summed E-state index contributed by atoms with van der Waals surface area (Å²) in [6, 6.07) is 5.10. The largest absolute Gasteiger partial charge is 0.370 e. The molecule has 0 amide bonds. The number of aliphatic imine (C=N–C) groups is 1. The van der Waals surface area contributed by atoms with E-state index in [0.29, 0.717) is 18.0 Å². The molecule has 2 heterocycles. The van der Waals surface area contributed by atoms with Gasteiger partial charge in [-0.25, -0.2) is 0 Å². The molecule has 4 heteroatoms. The highest BCUT2D eigenvalue weighted by atomic mass is 15.4. The summed E-state index contributed by atoms with van der Waals surface area (Å²) in [6.45, 7) is 2.77. The fourth-order valence-electron chi connectivity index (χ4n) is 2.25. The molecule has 0 bridgehead atoms. The molecule has 2 aliphatic rings. The molecule has 1 unspecified atom stereocenters. The molecule has 1 atom stereocenters. The van der Waals surface area contributed by atoms with Gasteiger partial charge in [-0.2, -0.15) is 0 Å². The van der Waals surface area contributed by atoms with E-state index >= 15 is 0 Å². The van der Waals surface area contributed by atoms with Crippen molar-refractivity contribution in [1.29, 1.82) is 0 Å². The number of rotatable bonds is 2. The molecule has 1 aromatic rings. The van der Waals surface area contributed by atoms with Crippen LogP contribution in [0.1, 0.15) is 30.1 Å². The number of pyridine rings is 1. The second kappa shape index (κ2) is 3.47. The fraction of sp³-hybridized carbons (Fsp3) is 0.500. The first-order valence-electron chi connectivity index (χ1n) is 5.76. The minimum atomic E-state index is 0.306. The zero-order chi connectivity index (χ0) is 11.1. The SMILES string of the molecule is Cc1ccc(C2CN=C(N)N2C2CC2)cn1. The molecule has 84 valence electrons. The second-order valence-electron chi connectivity index (χ2n) is 4.59. The summed E-state index contributed by atoms with van der Waals surface area (Å²) >= 11 is 0. The van der Waals surface area contributed by atoms with Gasteiger partial charge in [-0.1, -0.05) is 6.07 Å². The first-order chi connectivity index (χ1) is 7.75. The average molecular weight is 216 g/mol. The monoisotopic (exact) mass is 216 g/mol. The van der Waals surface area contributed by atoms with Gasteiger partial charge in [0.25, 0.3) is 0 Å². The summed E-state index contributed by atoms with van der Waals surface area (Å²) < 4.78 is 0. The van der Waals surface area contributed by atoms with Crippen LogP contribution in [0.4, 0.5) is 0 Å². The molecule has 4 nitrogen and oxygen atoms in total. The zero-order valence-corrected chi connectivity index (χ0v) is 9.43. The van der Waals surface area contributed by atoms with Gasteiger partial charge < -0.3 is 10.6 Å². The Bertz CT molecular complexity index is 419. The molecular weight excluding hydrogens is 200 g/mol. The molecule has 3 rings (SSSR count). The molecule has 1 saturated carbocycles. The minimum absolute atomic E-state index is 0.306. The molecule has 0 aromatic carbocycles.